The highest BCUT2D eigenvalue weighted by Crippen LogP contribution is 2.29. The summed E-state index contributed by atoms with van der Waals surface area (Å²) < 4.78 is 45.8. The lowest BCUT2D eigenvalue weighted by molar-refractivity contribution is 0.0339. The van der Waals surface area contributed by atoms with Gasteiger partial charge in [-0.2, -0.15) is 0 Å². The first-order valence-electron chi connectivity index (χ1n) is 11.9. The number of rotatable bonds is 8. The summed E-state index contributed by atoms with van der Waals surface area (Å²) >= 11 is 0. The molecule has 3 aromatic rings. The number of hydrogen-bond donors (Lipinski definition) is 1. The highest BCUT2D eigenvalue weighted by Gasteiger charge is 2.38. The van der Waals surface area contributed by atoms with Crippen molar-refractivity contribution in [2.24, 2.45) is 0 Å². The van der Waals surface area contributed by atoms with Gasteiger partial charge in [-0.15, -0.1) is 0 Å². The zero-order valence-corrected chi connectivity index (χ0v) is 22.5. The number of carbonyl (C=O) groups is 1. The molecule has 196 valence electrons. The molecule has 1 aliphatic rings. The van der Waals surface area contributed by atoms with Crippen LogP contribution in [0.2, 0.25) is 0 Å². The molecule has 0 radical (unpaired) electrons. The van der Waals surface area contributed by atoms with Crippen molar-refractivity contribution in [3.63, 3.8) is 0 Å². The number of benzene rings is 3. The second-order valence-electron chi connectivity index (χ2n) is 9.25. The Morgan fingerprint density at radius 2 is 1.65 bits per heavy atom. The number of nitrogens with one attached hydrogen (secondary N) is 1. The van der Waals surface area contributed by atoms with Crippen molar-refractivity contribution in [1.82, 2.24) is 4.90 Å². The maximum absolute atomic E-state index is 13.3. The molecule has 2 atom stereocenters. The Morgan fingerprint density at radius 3 is 2.38 bits per heavy atom. The molecule has 0 saturated carbocycles. The third kappa shape index (κ3) is 5.89. The SMILES string of the molecule is COc1ccccc1S(=O)(=O)Nc1cc(C)cc(O[C@@H]2CN(C(=O)c3cc(C)ccc3C)C[C@H]2OC)c1. The third-order valence-corrected chi connectivity index (χ3v) is 7.80. The molecule has 0 unspecified atom stereocenters. The summed E-state index contributed by atoms with van der Waals surface area (Å²) in [6, 6.07) is 17.4. The van der Waals surface area contributed by atoms with Gasteiger partial charge in [0.15, 0.2) is 0 Å². The highest BCUT2D eigenvalue weighted by atomic mass is 32.2. The first-order valence-corrected chi connectivity index (χ1v) is 13.4. The van der Waals surface area contributed by atoms with Crippen LogP contribution in [0.4, 0.5) is 5.69 Å². The lowest BCUT2D eigenvalue weighted by Crippen LogP contribution is -2.32. The normalized spacial score (nSPS) is 17.5. The van der Waals surface area contributed by atoms with E-state index in [1.807, 2.05) is 45.0 Å². The molecule has 1 heterocycles. The first kappa shape index (κ1) is 26.5. The second-order valence-corrected chi connectivity index (χ2v) is 10.9. The van der Waals surface area contributed by atoms with Gasteiger partial charge in [0.05, 0.1) is 25.9 Å². The predicted octanol–water partition coefficient (Wildman–Crippen LogP) is 4.34. The van der Waals surface area contributed by atoms with E-state index in [0.717, 1.165) is 16.7 Å². The molecule has 1 fully saturated rings. The van der Waals surface area contributed by atoms with Crippen molar-refractivity contribution in [2.45, 2.75) is 37.9 Å². The quantitative estimate of drug-likeness (QED) is 0.471. The van der Waals surface area contributed by atoms with Crippen molar-refractivity contribution >= 4 is 21.6 Å². The average molecular weight is 525 g/mol. The Hall–Kier alpha value is -3.56. The number of aryl methyl sites for hydroxylation is 3. The zero-order valence-electron chi connectivity index (χ0n) is 21.6. The minimum atomic E-state index is -3.90. The number of nitrogens with zero attached hydrogens (tertiary/aromatic N) is 1. The summed E-state index contributed by atoms with van der Waals surface area (Å²) in [6.45, 7) is 6.48. The summed E-state index contributed by atoms with van der Waals surface area (Å²) in [6.07, 6.45) is -0.747. The van der Waals surface area contributed by atoms with Crippen LogP contribution in [0.5, 0.6) is 11.5 Å². The van der Waals surface area contributed by atoms with Crippen molar-refractivity contribution < 1.29 is 27.4 Å². The van der Waals surface area contributed by atoms with Gasteiger partial charge >= 0.3 is 0 Å². The van der Waals surface area contributed by atoms with E-state index < -0.39 is 16.1 Å². The number of sulfonamides is 1. The molecule has 0 aliphatic carbocycles. The van der Waals surface area contributed by atoms with Crippen LogP contribution in [0.1, 0.15) is 27.0 Å². The van der Waals surface area contributed by atoms with E-state index >= 15 is 0 Å². The molecule has 1 saturated heterocycles. The van der Waals surface area contributed by atoms with Crippen LogP contribution < -0.4 is 14.2 Å². The maximum atomic E-state index is 13.3. The van der Waals surface area contributed by atoms with Gasteiger partial charge in [-0.05, 0) is 62.2 Å². The number of ether oxygens (including phenoxy) is 3. The number of para-hydroxylation sites is 1. The van der Waals surface area contributed by atoms with Crippen LogP contribution in [0.3, 0.4) is 0 Å². The monoisotopic (exact) mass is 524 g/mol. The Kier molecular flexibility index (Phi) is 7.75. The van der Waals surface area contributed by atoms with E-state index in [1.54, 1.807) is 42.3 Å². The van der Waals surface area contributed by atoms with E-state index in [4.69, 9.17) is 14.2 Å². The highest BCUT2D eigenvalue weighted by molar-refractivity contribution is 7.92. The molecular weight excluding hydrogens is 492 g/mol. The topological polar surface area (TPSA) is 94.2 Å². The van der Waals surface area contributed by atoms with Crippen LogP contribution >= 0.6 is 0 Å². The fourth-order valence-electron chi connectivity index (χ4n) is 4.49. The van der Waals surface area contributed by atoms with Gasteiger partial charge in [-0.1, -0.05) is 29.8 Å². The largest absolute Gasteiger partial charge is 0.495 e. The van der Waals surface area contributed by atoms with Crippen LogP contribution in [-0.2, 0) is 14.8 Å². The summed E-state index contributed by atoms with van der Waals surface area (Å²) in [7, 11) is -0.880. The summed E-state index contributed by atoms with van der Waals surface area (Å²) in [5.41, 5.74) is 3.77. The lowest BCUT2D eigenvalue weighted by atomic mass is 10.0. The molecule has 1 aliphatic heterocycles. The molecule has 0 aromatic heterocycles. The minimum absolute atomic E-state index is 0.0392. The lowest BCUT2D eigenvalue weighted by Gasteiger charge is -2.20. The Balaban J connectivity index is 1.53. The average Bonchev–Trinajstić information content (AvgIpc) is 3.27. The molecule has 9 heteroatoms. The molecular formula is C28H32N2O6S. The number of anilines is 1. The van der Waals surface area contributed by atoms with Crippen LogP contribution in [0.25, 0.3) is 0 Å². The number of hydrogen-bond acceptors (Lipinski definition) is 6. The van der Waals surface area contributed by atoms with Gasteiger partial charge in [0.1, 0.15) is 28.6 Å². The van der Waals surface area contributed by atoms with Crippen molar-refractivity contribution in [2.75, 3.05) is 32.0 Å². The van der Waals surface area contributed by atoms with Gasteiger partial charge in [-0.3, -0.25) is 9.52 Å². The fourth-order valence-corrected chi connectivity index (χ4v) is 5.70. The van der Waals surface area contributed by atoms with E-state index in [2.05, 4.69) is 4.72 Å². The fraction of sp³-hybridized carbons (Fsp3) is 0.321. The van der Waals surface area contributed by atoms with Crippen LogP contribution in [0.15, 0.2) is 65.6 Å². The van der Waals surface area contributed by atoms with Gasteiger partial charge < -0.3 is 19.1 Å². The van der Waals surface area contributed by atoms with E-state index in [9.17, 15) is 13.2 Å². The molecule has 3 aromatic carbocycles. The molecule has 0 bridgehead atoms. The molecule has 1 amide bonds. The van der Waals surface area contributed by atoms with Crippen LogP contribution in [0, 0.1) is 20.8 Å². The van der Waals surface area contributed by atoms with E-state index in [0.29, 0.717) is 30.1 Å². The van der Waals surface area contributed by atoms with Crippen molar-refractivity contribution in [1.29, 1.82) is 0 Å². The predicted molar refractivity (Wildman–Crippen MR) is 142 cm³/mol. The van der Waals surface area contributed by atoms with Gasteiger partial charge in [0.2, 0.25) is 0 Å². The zero-order chi connectivity index (χ0) is 26.7. The maximum Gasteiger partial charge on any atom is 0.265 e. The summed E-state index contributed by atoms with van der Waals surface area (Å²) in [5.74, 6) is 0.663. The smallest absolute Gasteiger partial charge is 0.265 e. The first-order chi connectivity index (χ1) is 17.6. The van der Waals surface area contributed by atoms with Gasteiger partial charge in [-0.25, -0.2) is 8.42 Å². The Labute approximate surface area is 218 Å². The van der Waals surface area contributed by atoms with E-state index in [1.165, 1.54) is 13.2 Å². The Morgan fingerprint density at radius 1 is 0.919 bits per heavy atom. The van der Waals surface area contributed by atoms with Crippen molar-refractivity contribution in [3.05, 3.63) is 82.9 Å². The number of carbonyl (C=O) groups excluding carboxylic acids is 1. The standard InChI is InChI=1S/C28H32N2O6S/c1-18-10-11-20(3)23(14-18)28(31)30-16-25(35-5)26(17-30)36-22-13-19(2)12-21(15-22)29-37(32,33)27-9-7-6-8-24(27)34-4/h6-15,25-26,29H,16-17H2,1-5H3/t25-,26-/m1/s1. The summed E-state index contributed by atoms with van der Waals surface area (Å²) in [5, 5.41) is 0. The third-order valence-electron chi connectivity index (χ3n) is 6.38. The molecule has 1 N–H and O–H groups in total. The second kappa shape index (κ2) is 10.8. The molecule has 0 spiro atoms. The minimum Gasteiger partial charge on any atom is -0.495 e. The van der Waals surface area contributed by atoms with Crippen molar-refractivity contribution in [3.8, 4) is 11.5 Å². The number of likely N-dealkylation sites (tertiary alicyclic amines) is 1. The van der Waals surface area contributed by atoms with Gasteiger partial charge in [0.25, 0.3) is 15.9 Å². The molecule has 4 rings (SSSR count). The molecule has 8 nitrogen and oxygen atoms in total. The number of methoxy groups -OCH3 is 2. The summed E-state index contributed by atoms with van der Waals surface area (Å²) in [4.78, 5) is 15.0. The Bertz CT molecular complexity index is 1410. The van der Waals surface area contributed by atoms with Crippen LogP contribution in [-0.4, -0.2) is 58.7 Å². The van der Waals surface area contributed by atoms with E-state index in [-0.39, 0.29) is 22.7 Å². The molecule has 37 heavy (non-hydrogen) atoms. The van der Waals surface area contributed by atoms with Gasteiger partial charge in [0, 0.05) is 18.7 Å². The number of amides is 1.